The van der Waals surface area contributed by atoms with Gasteiger partial charge in [0.1, 0.15) is 12.0 Å². The van der Waals surface area contributed by atoms with Gasteiger partial charge in [-0.25, -0.2) is 0 Å². The highest BCUT2D eigenvalue weighted by molar-refractivity contribution is 6.24. The van der Waals surface area contributed by atoms with Crippen molar-refractivity contribution in [1.82, 2.24) is 4.90 Å². The molecule has 1 rings (SSSR count). The summed E-state index contributed by atoms with van der Waals surface area (Å²) in [7, 11) is 0. The monoisotopic (exact) mass is 213 g/mol. The lowest BCUT2D eigenvalue weighted by atomic mass is 10.3. The molecule has 1 heterocycles. The van der Waals surface area contributed by atoms with Crippen LogP contribution in [0.15, 0.2) is 11.6 Å². The van der Waals surface area contributed by atoms with Crippen LogP contribution in [-0.2, 0) is 4.79 Å². The minimum absolute atomic E-state index is 0.254. The molecule has 0 saturated heterocycles. The summed E-state index contributed by atoms with van der Waals surface area (Å²) in [6.45, 7) is 0.141. The average molecular weight is 214 g/mol. The van der Waals surface area contributed by atoms with Crippen LogP contribution in [0.2, 0.25) is 0 Å². The fourth-order valence-corrected chi connectivity index (χ4v) is 1.40. The minimum atomic E-state index is -4.40. The quantitative estimate of drug-likeness (QED) is 0.481. The van der Waals surface area contributed by atoms with Crippen LogP contribution in [0.5, 0.6) is 0 Å². The molecule has 0 spiro atoms. The van der Waals surface area contributed by atoms with Crippen molar-refractivity contribution < 1.29 is 18.0 Å². The molecule has 6 heteroatoms. The fraction of sp³-hybridized carbons (Fsp3) is 0.571. The van der Waals surface area contributed by atoms with Gasteiger partial charge >= 0.3 is 6.18 Å². The van der Waals surface area contributed by atoms with E-state index in [1.54, 1.807) is 0 Å². The molecular weight excluding hydrogens is 207 g/mol. The number of carbonyl (C=O) groups excluding carboxylic acids is 1. The predicted octanol–water partition coefficient (Wildman–Crippen LogP) is 1.90. The summed E-state index contributed by atoms with van der Waals surface area (Å²) in [5.41, 5.74) is -0.724. The maximum absolute atomic E-state index is 11.9. The minimum Gasteiger partial charge on any atom is -0.310 e. The van der Waals surface area contributed by atoms with Gasteiger partial charge in [0.2, 0.25) is 0 Å². The van der Waals surface area contributed by atoms with Crippen molar-refractivity contribution in [2.75, 3.05) is 6.54 Å². The Hall–Kier alpha value is -0.710. The molecule has 0 fully saturated rings. The Morgan fingerprint density at radius 1 is 1.62 bits per heavy atom. The molecule has 1 aliphatic rings. The molecule has 74 valence electrons. The predicted molar refractivity (Wildman–Crippen MR) is 41.2 cm³/mol. The van der Waals surface area contributed by atoms with Crippen molar-refractivity contribution >= 4 is 17.5 Å². The Bertz CT molecular complexity index is 261. The zero-order valence-corrected chi connectivity index (χ0v) is 7.49. The molecule has 1 aliphatic heterocycles. The highest BCUT2D eigenvalue weighted by atomic mass is 35.5. The number of carbonyl (C=O) groups is 1. The van der Waals surface area contributed by atoms with Crippen molar-refractivity contribution in [3.8, 4) is 0 Å². The fourth-order valence-electron chi connectivity index (χ4n) is 1.06. The van der Waals surface area contributed by atoms with Crippen LogP contribution in [0.1, 0.15) is 6.92 Å². The third-order valence-corrected chi connectivity index (χ3v) is 1.99. The van der Waals surface area contributed by atoms with Crippen LogP contribution >= 0.6 is 11.6 Å². The third-order valence-electron chi connectivity index (χ3n) is 1.63. The van der Waals surface area contributed by atoms with E-state index in [-0.39, 0.29) is 5.57 Å². The second-order valence-electron chi connectivity index (χ2n) is 2.77. The molecule has 0 aliphatic carbocycles. The summed E-state index contributed by atoms with van der Waals surface area (Å²) >= 11 is 5.50. The first-order valence-corrected chi connectivity index (χ1v) is 3.95. The van der Waals surface area contributed by atoms with Crippen LogP contribution in [-0.4, -0.2) is 29.0 Å². The molecule has 0 N–H and O–H groups in total. The Morgan fingerprint density at radius 3 is 2.46 bits per heavy atom. The maximum atomic E-state index is 11.9. The van der Waals surface area contributed by atoms with E-state index in [0.717, 1.165) is 0 Å². The zero-order valence-electron chi connectivity index (χ0n) is 6.73. The van der Waals surface area contributed by atoms with Gasteiger partial charge in [0.05, 0.1) is 0 Å². The van der Waals surface area contributed by atoms with E-state index in [1.807, 2.05) is 0 Å². The topological polar surface area (TPSA) is 20.3 Å². The number of nitrogens with zero attached hydrogens (tertiary/aromatic N) is 1. The second-order valence-corrected chi connectivity index (χ2v) is 3.22. The summed E-state index contributed by atoms with van der Waals surface area (Å²) in [6, 6.07) is 0. The number of hydrogen-bond donors (Lipinski definition) is 0. The van der Waals surface area contributed by atoms with E-state index >= 15 is 0 Å². The van der Waals surface area contributed by atoms with Gasteiger partial charge in [-0.1, -0.05) is 11.6 Å². The summed E-state index contributed by atoms with van der Waals surface area (Å²) in [5.74, 6) is -0.655. The Labute approximate surface area is 78.0 Å². The molecule has 0 saturated carbocycles. The van der Waals surface area contributed by atoms with E-state index in [1.165, 1.54) is 13.0 Å². The van der Waals surface area contributed by atoms with E-state index in [9.17, 15) is 18.0 Å². The first-order valence-electron chi connectivity index (χ1n) is 3.51. The normalized spacial score (nSPS) is 23.8. The van der Waals surface area contributed by atoms with E-state index < -0.39 is 24.1 Å². The summed E-state index contributed by atoms with van der Waals surface area (Å²) in [5, 5.41) is 0. The van der Waals surface area contributed by atoms with Crippen LogP contribution < -0.4 is 0 Å². The van der Waals surface area contributed by atoms with Crippen LogP contribution in [0.3, 0.4) is 0 Å². The lowest BCUT2D eigenvalue weighted by molar-refractivity contribution is -0.157. The third kappa shape index (κ3) is 2.37. The SMILES string of the molecule is CC1=CC(Cl)N(CC(F)(F)F)C1=O. The molecule has 0 aromatic rings. The molecule has 1 amide bonds. The number of halogens is 4. The lowest BCUT2D eigenvalue weighted by Crippen LogP contribution is -2.39. The number of alkyl halides is 4. The molecule has 1 unspecified atom stereocenters. The van der Waals surface area contributed by atoms with Crippen molar-refractivity contribution in [3.63, 3.8) is 0 Å². The largest absolute Gasteiger partial charge is 0.406 e. The standard InChI is InChI=1S/C7H7ClF3NO/c1-4-2-5(8)12(6(4)13)3-7(9,10)11/h2,5H,3H2,1H3. The summed E-state index contributed by atoms with van der Waals surface area (Å²) < 4.78 is 35.7. The summed E-state index contributed by atoms with van der Waals surface area (Å²) in [6.07, 6.45) is -3.10. The van der Waals surface area contributed by atoms with E-state index in [4.69, 9.17) is 11.6 Å². The molecule has 0 aromatic heterocycles. The first-order chi connectivity index (χ1) is 5.81. The van der Waals surface area contributed by atoms with Crippen molar-refractivity contribution in [2.45, 2.75) is 18.6 Å². The number of amides is 1. The first kappa shape index (κ1) is 10.4. The van der Waals surface area contributed by atoms with E-state index in [0.29, 0.717) is 4.90 Å². The summed E-state index contributed by atoms with van der Waals surface area (Å²) in [4.78, 5) is 11.6. The van der Waals surface area contributed by atoms with Gasteiger partial charge in [0.15, 0.2) is 0 Å². The molecule has 0 radical (unpaired) electrons. The molecule has 2 nitrogen and oxygen atoms in total. The van der Waals surface area contributed by atoms with E-state index in [2.05, 4.69) is 0 Å². The molecule has 13 heavy (non-hydrogen) atoms. The Balaban J connectivity index is 2.69. The van der Waals surface area contributed by atoms with Gasteiger partial charge in [-0.2, -0.15) is 13.2 Å². The highest BCUT2D eigenvalue weighted by Gasteiger charge is 2.38. The smallest absolute Gasteiger partial charge is 0.310 e. The zero-order chi connectivity index (χ0) is 10.2. The van der Waals surface area contributed by atoms with Gasteiger partial charge < -0.3 is 4.90 Å². The Morgan fingerprint density at radius 2 is 2.15 bits per heavy atom. The van der Waals surface area contributed by atoms with Gasteiger partial charge in [-0.05, 0) is 13.0 Å². The number of hydrogen-bond acceptors (Lipinski definition) is 1. The van der Waals surface area contributed by atoms with Gasteiger partial charge in [0.25, 0.3) is 5.91 Å². The molecule has 0 aromatic carbocycles. The van der Waals surface area contributed by atoms with Crippen molar-refractivity contribution in [1.29, 1.82) is 0 Å². The maximum Gasteiger partial charge on any atom is 0.406 e. The van der Waals surface area contributed by atoms with Crippen LogP contribution in [0.4, 0.5) is 13.2 Å². The van der Waals surface area contributed by atoms with Crippen molar-refractivity contribution in [2.24, 2.45) is 0 Å². The Kier molecular flexibility index (Phi) is 2.56. The second kappa shape index (κ2) is 3.21. The van der Waals surface area contributed by atoms with Crippen LogP contribution in [0.25, 0.3) is 0 Å². The average Bonchev–Trinajstić information content (AvgIpc) is 2.14. The number of rotatable bonds is 1. The molecule has 1 atom stereocenters. The highest BCUT2D eigenvalue weighted by Crippen LogP contribution is 2.25. The van der Waals surface area contributed by atoms with Gasteiger partial charge in [0, 0.05) is 5.57 Å². The van der Waals surface area contributed by atoms with Gasteiger partial charge in [-0.3, -0.25) is 4.79 Å². The van der Waals surface area contributed by atoms with Crippen molar-refractivity contribution in [3.05, 3.63) is 11.6 Å². The van der Waals surface area contributed by atoms with Gasteiger partial charge in [-0.15, -0.1) is 0 Å². The van der Waals surface area contributed by atoms with Crippen LogP contribution in [0, 0.1) is 0 Å². The molecular formula is C7H7ClF3NO. The molecule has 0 bridgehead atoms. The lowest BCUT2D eigenvalue weighted by Gasteiger charge is -2.21.